The van der Waals surface area contributed by atoms with Crippen LogP contribution < -0.4 is 10.6 Å². The zero-order valence-corrected chi connectivity index (χ0v) is 11.2. The van der Waals surface area contributed by atoms with Gasteiger partial charge in [-0.3, -0.25) is 4.79 Å². The summed E-state index contributed by atoms with van der Waals surface area (Å²) in [5.41, 5.74) is 1.03. The topological polar surface area (TPSA) is 41.1 Å². The number of nitrogens with one attached hydrogen (secondary N) is 2. The predicted octanol–water partition coefficient (Wildman–Crippen LogP) is 2.25. The molecule has 1 rings (SSSR count). The highest BCUT2D eigenvalue weighted by Gasteiger charge is 2.07. The van der Waals surface area contributed by atoms with E-state index in [0.717, 1.165) is 5.56 Å². The van der Waals surface area contributed by atoms with Crippen molar-refractivity contribution in [3.63, 3.8) is 0 Å². The van der Waals surface area contributed by atoms with E-state index in [4.69, 9.17) is 0 Å². The molecule has 4 heteroatoms. The predicted molar refractivity (Wildman–Crippen MR) is 70.7 cm³/mol. The number of amides is 1. The Bertz CT molecular complexity index is 376. The minimum Gasteiger partial charge on any atom is -0.355 e. The molecule has 0 bridgehead atoms. The van der Waals surface area contributed by atoms with Crippen LogP contribution in [0.2, 0.25) is 0 Å². The Balaban J connectivity index is 2.27. The summed E-state index contributed by atoms with van der Waals surface area (Å²) in [4.78, 5) is 11.3. The Morgan fingerprint density at radius 3 is 2.33 bits per heavy atom. The molecule has 0 saturated heterocycles. The van der Waals surface area contributed by atoms with E-state index in [1.54, 1.807) is 12.1 Å². The van der Waals surface area contributed by atoms with Crippen molar-refractivity contribution in [3.8, 4) is 0 Å². The van der Waals surface area contributed by atoms with Gasteiger partial charge in [0.15, 0.2) is 0 Å². The quantitative estimate of drug-likeness (QED) is 0.762. The smallest absolute Gasteiger partial charge is 0.222 e. The normalized spacial score (nSPS) is 12.5. The molecular weight excluding hydrogens is 231 g/mol. The first kappa shape index (κ1) is 14.6. The van der Waals surface area contributed by atoms with Gasteiger partial charge in [-0.2, -0.15) is 0 Å². The Morgan fingerprint density at radius 1 is 1.17 bits per heavy atom. The minimum atomic E-state index is -0.227. The molecule has 0 fully saturated rings. The first-order chi connectivity index (χ1) is 8.50. The summed E-state index contributed by atoms with van der Waals surface area (Å²) in [6.45, 7) is 7.03. The van der Waals surface area contributed by atoms with Crippen LogP contribution in [0.3, 0.4) is 0 Å². The summed E-state index contributed by atoms with van der Waals surface area (Å²) in [7, 11) is 0. The van der Waals surface area contributed by atoms with Gasteiger partial charge in [0.05, 0.1) is 0 Å². The molecule has 1 aromatic rings. The van der Waals surface area contributed by atoms with E-state index in [1.165, 1.54) is 12.1 Å². The van der Waals surface area contributed by atoms with E-state index in [2.05, 4.69) is 10.6 Å². The van der Waals surface area contributed by atoms with E-state index in [1.807, 2.05) is 20.8 Å². The third kappa shape index (κ3) is 4.84. The zero-order valence-electron chi connectivity index (χ0n) is 11.2. The van der Waals surface area contributed by atoms with Crippen molar-refractivity contribution in [1.82, 2.24) is 10.6 Å². The van der Waals surface area contributed by atoms with E-state index in [9.17, 15) is 9.18 Å². The molecule has 100 valence electrons. The summed E-state index contributed by atoms with van der Waals surface area (Å²) in [5.74, 6) is -0.152. The van der Waals surface area contributed by atoms with Gasteiger partial charge in [-0.1, -0.05) is 26.0 Å². The first-order valence-electron chi connectivity index (χ1n) is 6.27. The van der Waals surface area contributed by atoms with Gasteiger partial charge < -0.3 is 10.6 Å². The van der Waals surface area contributed by atoms with Crippen molar-refractivity contribution in [3.05, 3.63) is 35.6 Å². The maximum atomic E-state index is 12.8. The molecule has 0 radical (unpaired) electrons. The highest BCUT2D eigenvalue weighted by molar-refractivity contribution is 5.77. The van der Waals surface area contributed by atoms with Crippen LogP contribution in [-0.2, 0) is 4.79 Å². The van der Waals surface area contributed by atoms with Crippen LogP contribution in [0, 0.1) is 11.7 Å². The highest BCUT2D eigenvalue weighted by Crippen LogP contribution is 2.12. The van der Waals surface area contributed by atoms with Crippen molar-refractivity contribution < 1.29 is 9.18 Å². The molecule has 18 heavy (non-hydrogen) atoms. The Morgan fingerprint density at radius 2 is 1.78 bits per heavy atom. The molecule has 0 aliphatic heterocycles. The standard InChI is InChI=1S/C14H21FN2O/c1-10(2)14(18)17-9-8-16-11(3)12-4-6-13(15)7-5-12/h4-7,10-11,16H,8-9H2,1-3H3,(H,17,18). The Hall–Kier alpha value is -1.42. The average Bonchev–Trinajstić information content (AvgIpc) is 2.34. The SMILES string of the molecule is CC(C)C(=O)NCCNC(C)c1ccc(F)cc1. The van der Waals surface area contributed by atoms with Crippen molar-refractivity contribution in [2.24, 2.45) is 5.92 Å². The largest absolute Gasteiger partial charge is 0.355 e. The Labute approximate surface area is 108 Å². The lowest BCUT2D eigenvalue weighted by Gasteiger charge is -2.15. The van der Waals surface area contributed by atoms with Gasteiger partial charge in [0.1, 0.15) is 5.82 Å². The zero-order chi connectivity index (χ0) is 13.5. The lowest BCUT2D eigenvalue weighted by Crippen LogP contribution is -2.35. The molecular formula is C14H21FN2O. The number of carbonyl (C=O) groups is 1. The van der Waals surface area contributed by atoms with Crippen molar-refractivity contribution in [2.45, 2.75) is 26.8 Å². The van der Waals surface area contributed by atoms with Crippen LogP contribution in [0.1, 0.15) is 32.4 Å². The fourth-order valence-corrected chi connectivity index (χ4v) is 1.55. The molecule has 1 amide bonds. The molecule has 1 aromatic carbocycles. The fraction of sp³-hybridized carbons (Fsp3) is 0.500. The fourth-order valence-electron chi connectivity index (χ4n) is 1.55. The molecule has 0 heterocycles. The molecule has 1 unspecified atom stereocenters. The van der Waals surface area contributed by atoms with Gasteiger partial charge in [0.25, 0.3) is 0 Å². The van der Waals surface area contributed by atoms with Crippen LogP contribution >= 0.6 is 0 Å². The highest BCUT2D eigenvalue weighted by atomic mass is 19.1. The summed E-state index contributed by atoms with van der Waals surface area (Å²) in [6, 6.07) is 6.57. The van der Waals surface area contributed by atoms with Gasteiger partial charge >= 0.3 is 0 Å². The maximum absolute atomic E-state index is 12.8. The summed E-state index contributed by atoms with van der Waals surface area (Å²) >= 11 is 0. The third-order valence-corrected chi connectivity index (χ3v) is 2.77. The van der Waals surface area contributed by atoms with E-state index in [-0.39, 0.29) is 23.7 Å². The molecule has 0 aromatic heterocycles. The van der Waals surface area contributed by atoms with Gasteiger partial charge in [-0.15, -0.1) is 0 Å². The summed E-state index contributed by atoms with van der Waals surface area (Å²) in [6.07, 6.45) is 0. The van der Waals surface area contributed by atoms with E-state index in [0.29, 0.717) is 13.1 Å². The Kier molecular flexibility index (Phi) is 5.78. The molecule has 2 N–H and O–H groups in total. The van der Waals surface area contributed by atoms with Crippen LogP contribution in [0.25, 0.3) is 0 Å². The molecule has 1 atom stereocenters. The maximum Gasteiger partial charge on any atom is 0.222 e. The average molecular weight is 252 g/mol. The van der Waals surface area contributed by atoms with E-state index < -0.39 is 0 Å². The number of carbonyl (C=O) groups excluding carboxylic acids is 1. The molecule has 0 spiro atoms. The van der Waals surface area contributed by atoms with Gasteiger partial charge in [0, 0.05) is 25.0 Å². The second-order valence-electron chi connectivity index (χ2n) is 4.67. The second-order valence-corrected chi connectivity index (χ2v) is 4.67. The molecule has 3 nitrogen and oxygen atoms in total. The minimum absolute atomic E-state index is 0.0134. The number of rotatable bonds is 6. The van der Waals surface area contributed by atoms with Crippen molar-refractivity contribution in [1.29, 1.82) is 0 Å². The van der Waals surface area contributed by atoms with Crippen molar-refractivity contribution in [2.75, 3.05) is 13.1 Å². The van der Waals surface area contributed by atoms with Crippen molar-refractivity contribution >= 4 is 5.91 Å². The lowest BCUT2D eigenvalue weighted by atomic mass is 10.1. The first-order valence-corrected chi connectivity index (χ1v) is 6.27. The van der Waals surface area contributed by atoms with Gasteiger partial charge in [-0.05, 0) is 24.6 Å². The number of halogens is 1. The van der Waals surface area contributed by atoms with Crippen LogP contribution in [0.5, 0.6) is 0 Å². The molecule has 0 aliphatic carbocycles. The monoisotopic (exact) mass is 252 g/mol. The third-order valence-electron chi connectivity index (χ3n) is 2.77. The number of hydrogen-bond donors (Lipinski definition) is 2. The van der Waals surface area contributed by atoms with Crippen LogP contribution in [0.15, 0.2) is 24.3 Å². The van der Waals surface area contributed by atoms with Gasteiger partial charge in [0.2, 0.25) is 5.91 Å². The summed E-state index contributed by atoms with van der Waals surface area (Å²) in [5, 5.41) is 6.11. The van der Waals surface area contributed by atoms with E-state index >= 15 is 0 Å². The lowest BCUT2D eigenvalue weighted by molar-refractivity contribution is -0.123. The number of benzene rings is 1. The molecule has 0 saturated carbocycles. The van der Waals surface area contributed by atoms with Crippen LogP contribution in [0.4, 0.5) is 4.39 Å². The second kappa shape index (κ2) is 7.11. The summed E-state index contributed by atoms with van der Waals surface area (Å²) < 4.78 is 12.8. The van der Waals surface area contributed by atoms with Gasteiger partial charge in [-0.25, -0.2) is 4.39 Å². The van der Waals surface area contributed by atoms with Crippen LogP contribution in [-0.4, -0.2) is 19.0 Å². The molecule has 0 aliphatic rings. The number of hydrogen-bond acceptors (Lipinski definition) is 2.